The highest BCUT2D eigenvalue weighted by molar-refractivity contribution is 5.25. The monoisotopic (exact) mass is 424 g/mol. The molecule has 0 atom stereocenters. The first-order valence-electron chi connectivity index (χ1n) is 13.6. The zero-order valence-electron chi connectivity index (χ0n) is 20.5. The Morgan fingerprint density at radius 3 is 2.03 bits per heavy atom. The Hall–Kier alpha value is -1.08. The topological polar surface area (TPSA) is 9.23 Å². The molecule has 2 saturated carbocycles. The maximum Gasteiger partial charge on any atom is 0.0716 e. The summed E-state index contributed by atoms with van der Waals surface area (Å²) in [7, 11) is 0. The van der Waals surface area contributed by atoms with Crippen molar-refractivity contribution in [3.63, 3.8) is 0 Å². The third kappa shape index (κ3) is 8.76. The van der Waals surface area contributed by atoms with Gasteiger partial charge in [0.2, 0.25) is 0 Å². The van der Waals surface area contributed by atoms with Crippen LogP contribution in [-0.2, 0) is 11.3 Å². The van der Waals surface area contributed by atoms with E-state index in [1.807, 2.05) is 0 Å². The molecule has 1 heteroatoms. The number of hydrogen-bond donors (Lipinski definition) is 0. The van der Waals surface area contributed by atoms with Crippen LogP contribution in [0.2, 0.25) is 0 Å². The van der Waals surface area contributed by atoms with Crippen LogP contribution >= 0.6 is 0 Å². The fraction of sp³-hybridized carbons (Fsp3) is 0.733. The zero-order valence-corrected chi connectivity index (χ0v) is 20.5. The van der Waals surface area contributed by atoms with Gasteiger partial charge < -0.3 is 4.74 Å². The number of ether oxygens (including phenoxy) is 1. The minimum atomic E-state index is 0.772. The fourth-order valence-corrected chi connectivity index (χ4v) is 5.87. The van der Waals surface area contributed by atoms with Gasteiger partial charge in [0, 0.05) is 6.61 Å². The van der Waals surface area contributed by atoms with Gasteiger partial charge in [0.15, 0.2) is 0 Å². The van der Waals surface area contributed by atoms with Gasteiger partial charge in [0.1, 0.15) is 0 Å². The van der Waals surface area contributed by atoms with Crippen molar-refractivity contribution >= 4 is 0 Å². The molecule has 2 aliphatic rings. The molecular formula is C30H48O. The van der Waals surface area contributed by atoms with Gasteiger partial charge in [-0.3, -0.25) is 0 Å². The predicted octanol–water partition coefficient (Wildman–Crippen LogP) is 9.22. The molecule has 0 radical (unpaired) electrons. The van der Waals surface area contributed by atoms with Gasteiger partial charge in [-0.25, -0.2) is 0 Å². The van der Waals surface area contributed by atoms with Gasteiger partial charge in [0.25, 0.3) is 0 Å². The molecule has 0 N–H and O–H groups in total. The van der Waals surface area contributed by atoms with E-state index in [1.54, 1.807) is 5.56 Å². The number of unbranched alkanes of at least 4 members (excludes halogenated alkanes) is 2. The maximum atomic E-state index is 5.82. The van der Waals surface area contributed by atoms with Crippen molar-refractivity contribution in [2.75, 3.05) is 6.61 Å². The first-order valence-corrected chi connectivity index (χ1v) is 13.6. The lowest BCUT2D eigenvalue weighted by atomic mass is 9.74. The normalized spacial score (nSPS) is 27.0. The summed E-state index contributed by atoms with van der Waals surface area (Å²) in [6.07, 6.45) is 24.3. The lowest BCUT2D eigenvalue weighted by molar-refractivity contribution is 0.117. The predicted molar refractivity (Wildman–Crippen MR) is 134 cm³/mol. The van der Waals surface area contributed by atoms with Gasteiger partial charge in [-0.15, -0.1) is 0 Å². The van der Waals surface area contributed by atoms with Crippen LogP contribution in [-0.4, -0.2) is 6.61 Å². The Balaban J connectivity index is 1.30. The Morgan fingerprint density at radius 1 is 0.806 bits per heavy atom. The highest BCUT2D eigenvalue weighted by atomic mass is 16.5. The molecular weight excluding hydrogens is 376 g/mol. The van der Waals surface area contributed by atoms with E-state index in [2.05, 4.69) is 50.3 Å². The summed E-state index contributed by atoms with van der Waals surface area (Å²) in [5.41, 5.74) is 2.89. The van der Waals surface area contributed by atoms with Crippen LogP contribution in [0.3, 0.4) is 0 Å². The van der Waals surface area contributed by atoms with E-state index >= 15 is 0 Å². The second-order valence-electron chi connectivity index (χ2n) is 10.5. The lowest BCUT2D eigenvalue weighted by Crippen LogP contribution is -2.17. The van der Waals surface area contributed by atoms with E-state index in [1.165, 1.54) is 95.5 Å². The van der Waals surface area contributed by atoms with Crippen molar-refractivity contribution in [1.29, 1.82) is 0 Å². The van der Waals surface area contributed by atoms with E-state index in [0.717, 1.165) is 36.9 Å². The third-order valence-electron chi connectivity index (χ3n) is 8.11. The van der Waals surface area contributed by atoms with E-state index in [4.69, 9.17) is 4.74 Å². The minimum Gasteiger partial charge on any atom is -0.377 e. The summed E-state index contributed by atoms with van der Waals surface area (Å²) in [4.78, 5) is 0. The van der Waals surface area contributed by atoms with E-state index < -0.39 is 0 Å². The van der Waals surface area contributed by atoms with Crippen molar-refractivity contribution < 1.29 is 4.74 Å². The van der Waals surface area contributed by atoms with E-state index in [0.29, 0.717) is 0 Å². The zero-order chi connectivity index (χ0) is 21.7. The third-order valence-corrected chi connectivity index (χ3v) is 8.11. The van der Waals surface area contributed by atoms with Gasteiger partial charge >= 0.3 is 0 Å². The number of rotatable bonds is 12. The summed E-state index contributed by atoms with van der Waals surface area (Å²) in [6.45, 7) is 6.07. The molecule has 3 rings (SSSR count). The first-order chi connectivity index (χ1) is 15.3. The molecule has 0 saturated heterocycles. The van der Waals surface area contributed by atoms with Crippen LogP contribution in [0.4, 0.5) is 0 Å². The minimum absolute atomic E-state index is 0.772. The Bertz CT molecular complexity index is 600. The largest absolute Gasteiger partial charge is 0.377 e. The van der Waals surface area contributed by atoms with Crippen LogP contribution in [0.15, 0.2) is 36.4 Å². The van der Waals surface area contributed by atoms with E-state index in [-0.39, 0.29) is 0 Å². The van der Waals surface area contributed by atoms with Gasteiger partial charge in [-0.1, -0.05) is 81.9 Å². The molecule has 0 aliphatic heterocycles. The van der Waals surface area contributed by atoms with Crippen LogP contribution in [0, 0.1) is 17.8 Å². The molecule has 1 aromatic rings. The number of hydrogen-bond acceptors (Lipinski definition) is 1. The Morgan fingerprint density at radius 2 is 1.42 bits per heavy atom. The van der Waals surface area contributed by atoms with Crippen molar-refractivity contribution in [2.45, 2.75) is 116 Å². The molecule has 1 nitrogen and oxygen atoms in total. The maximum absolute atomic E-state index is 5.82. The molecule has 0 heterocycles. The Labute approximate surface area is 193 Å². The molecule has 0 unspecified atom stereocenters. The van der Waals surface area contributed by atoms with Crippen LogP contribution in [0.5, 0.6) is 0 Å². The van der Waals surface area contributed by atoms with Crippen molar-refractivity contribution in [3.8, 4) is 0 Å². The highest BCUT2D eigenvalue weighted by Gasteiger charge is 2.25. The molecule has 0 amide bonds. The number of benzene rings is 1. The molecule has 2 fully saturated rings. The van der Waals surface area contributed by atoms with Crippen molar-refractivity contribution in [2.24, 2.45) is 17.8 Å². The van der Waals surface area contributed by atoms with E-state index in [9.17, 15) is 0 Å². The molecule has 31 heavy (non-hydrogen) atoms. The molecule has 0 bridgehead atoms. The fourth-order valence-electron chi connectivity index (χ4n) is 5.87. The smallest absolute Gasteiger partial charge is 0.0716 e. The summed E-state index contributed by atoms with van der Waals surface area (Å²) in [5, 5.41) is 0. The molecule has 0 spiro atoms. The first kappa shape index (κ1) is 24.6. The SMILES string of the molecule is C/C=C/C[C@H]1CC[C@H](CCC2CCC(c3ccc(COCCCCC)cc3)CC2)CC1. The van der Waals surface area contributed by atoms with Crippen LogP contribution in [0.25, 0.3) is 0 Å². The van der Waals surface area contributed by atoms with Gasteiger partial charge in [-0.05, 0) is 93.1 Å². The average Bonchev–Trinajstić information content (AvgIpc) is 2.83. The Kier molecular flexibility index (Phi) is 11.2. The molecule has 1 aromatic carbocycles. The summed E-state index contributed by atoms with van der Waals surface area (Å²) in [5.74, 6) is 3.78. The number of allylic oxidation sites excluding steroid dienone is 2. The average molecular weight is 425 g/mol. The standard InChI is InChI=1S/C30H48O/c1-3-5-7-23-31-24-28-17-21-30(22-18-28)29-19-15-27(16-20-29)14-13-26-11-9-25(10-12-26)8-6-4-2/h4,6,17-18,21-22,25-27,29H,3,5,7-16,19-20,23-24H2,1-2H3/b6-4+/t25-,26-,27?,29?. The molecule has 174 valence electrons. The summed E-state index contributed by atoms with van der Waals surface area (Å²) in [6, 6.07) is 9.35. The second-order valence-corrected chi connectivity index (χ2v) is 10.5. The van der Waals surface area contributed by atoms with Crippen molar-refractivity contribution in [1.82, 2.24) is 0 Å². The van der Waals surface area contributed by atoms with Crippen LogP contribution < -0.4 is 0 Å². The lowest BCUT2D eigenvalue weighted by Gasteiger charge is -2.32. The summed E-state index contributed by atoms with van der Waals surface area (Å²) >= 11 is 0. The van der Waals surface area contributed by atoms with Crippen molar-refractivity contribution in [3.05, 3.63) is 47.5 Å². The molecule has 2 aliphatic carbocycles. The quantitative estimate of drug-likeness (QED) is 0.240. The molecule has 0 aromatic heterocycles. The highest BCUT2D eigenvalue weighted by Crippen LogP contribution is 2.40. The van der Waals surface area contributed by atoms with Gasteiger partial charge in [-0.2, -0.15) is 0 Å². The summed E-state index contributed by atoms with van der Waals surface area (Å²) < 4.78 is 5.82. The second kappa shape index (κ2) is 14.1. The van der Waals surface area contributed by atoms with Gasteiger partial charge in [0.05, 0.1) is 6.61 Å². The van der Waals surface area contributed by atoms with Crippen LogP contribution in [0.1, 0.15) is 121 Å².